The summed E-state index contributed by atoms with van der Waals surface area (Å²) in [7, 11) is 0. The molecule has 6 atom stereocenters. The summed E-state index contributed by atoms with van der Waals surface area (Å²) in [5.41, 5.74) is 27.2. The first-order valence-corrected chi connectivity index (χ1v) is 39.3. The molecule has 3 aliphatic rings. The van der Waals surface area contributed by atoms with E-state index in [1.807, 2.05) is 178 Å². The van der Waals surface area contributed by atoms with Crippen molar-refractivity contribution in [2.24, 2.45) is 17.2 Å². The number of carbonyl (C=O) groups is 6. The van der Waals surface area contributed by atoms with Crippen molar-refractivity contribution in [3.8, 4) is 0 Å². The molecule has 6 amide bonds. The second kappa shape index (κ2) is 43.0. The van der Waals surface area contributed by atoms with Crippen LogP contribution in [0.1, 0.15) is 98.3 Å². The number of fused-ring (bicyclic) bond motifs is 1. The molecular formula is C93H102ClFN12O6. The summed E-state index contributed by atoms with van der Waals surface area (Å²) in [6.45, 7) is 5.44. The van der Waals surface area contributed by atoms with Crippen LogP contribution in [0.5, 0.6) is 0 Å². The van der Waals surface area contributed by atoms with Gasteiger partial charge in [0.25, 0.3) is 5.91 Å². The fourth-order valence-corrected chi connectivity index (χ4v) is 14.8. The minimum Gasteiger partial charge on any atom is -0.351 e. The summed E-state index contributed by atoms with van der Waals surface area (Å²) in [6.07, 6.45) is 8.97. The maximum Gasteiger partial charge on any atom is 0.251 e. The van der Waals surface area contributed by atoms with Gasteiger partial charge in [-0.25, -0.2) is 4.39 Å². The first kappa shape index (κ1) is 82.7. The molecular weight excluding hydrogens is 1440 g/mol. The van der Waals surface area contributed by atoms with E-state index in [0.717, 1.165) is 39.4 Å². The molecule has 0 unspecified atom stereocenters. The molecule has 0 radical (unpaired) electrons. The molecule has 18 nitrogen and oxygen atoms in total. The normalized spacial score (nSPS) is 18.1. The van der Waals surface area contributed by atoms with Crippen molar-refractivity contribution in [1.82, 2.24) is 46.6 Å². The second-order valence-corrected chi connectivity index (χ2v) is 29.1. The molecule has 10 aromatic carbocycles. The van der Waals surface area contributed by atoms with Crippen LogP contribution in [-0.2, 0) is 24.0 Å². The van der Waals surface area contributed by atoms with Gasteiger partial charge in [0.15, 0.2) is 0 Å². The van der Waals surface area contributed by atoms with Crippen molar-refractivity contribution in [1.29, 1.82) is 0 Å². The minimum absolute atomic E-state index is 0.00387. The fraction of sp³-hybridized carbons (Fsp3) is 0.269. The third-order valence-corrected chi connectivity index (χ3v) is 21.1. The number of halogens is 2. The van der Waals surface area contributed by atoms with Gasteiger partial charge in [-0.1, -0.05) is 248 Å². The molecule has 0 saturated carbocycles. The molecule has 3 fully saturated rings. The van der Waals surface area contributed by atoms with Crippen molar-refractivity contribution in [3.05, 3.63) is 346 Å². The van der Waals surface area contributed by atoms with Crippen LogP contribution in [-0.4, -0.2) is 165 Å². The summed E-state index contributed by atoms with van der Waals surface area (Å²) in [6, 6.07) is 87.0. The number of nitrogens with two attached hydrogens (primary N) is 3. The fourth-order valence-electron chi connectivity index (χ4n) is 14.7. The third-order valence-electron chi connectivity index (χ3n) is 20.9. The first-order chi connectivity index (χ1) is 55.2. The Bertz CT molecular complexity index is 4590. The van der Waals surface area contributed by atoms with Gasteiger partial charge in [-0.15, -0.1) is 0 Å². The largest absolute Gasteiger partial charge is 0.351 e. The van der Waals surface area contributed by atoms with Crippen molar-refractivity contribution in [3.63, 3.8) is 0 Å². The molecule has 13 rings (SSSR count). The Kier molecular flexibility index (Phi) is 31.4. The molecule has 3 aliphatic heterocycles. The van der Waals surface area contributed by atoms with Crippen LogP contribution in [0, 0.1) is 5.82 Å². The summed E-state index contributed by atoms with van der Waals surface area (Å²) in [5, 5.41) is 21.9. The summed E-state index contributed by atoms with van der Waals surface area (Å²) in [5.74, 6) is -0.673. The average molecular weight is 1540 g/mol. The highest BCUT2D eigenvalue weighted by molar-refractivity contribution is 6.30. The van der Waals surface area contributed by atoms with Gasteiger partial charge in [0, 0.05) is 131 Å². The average Bonchev–Trinajstić information content (AvgIpc) is 1.78. The molecule has 12 N–H and O–H groups in total. The number of hydrogen-bond acceptors (Lipinski definition) is 12. The summed E-state index contributed by atoms with van der Waals surface area (Å²) < 4.78 is 13.1. The van der Waals surface area contributed by atoms with Crippen LogP contribution in [0.3, 0.4) is 0 Å². The van der Waals surface area contributed by atoms with E-state index in [9.17, 15) is 33.2 Å². The van der Waals surface area contributed by atoms with E-state index in [0.29, 0.717) is 95.3 Å². The van der Waals surface area contributed by atoms with Gasteiger partial charge in [-0.3, -0.25) is 28.8 Å². The Morgan fingerprint density at radius 2 is 0.743 bits per heavy atom. The molecule has 3 heterocycles. The lowest BCUT2D eigenvalue weighted by Gasteiger charge is -2.29. The first-order valence-electron chi connectivity index (χ1n) is 38.9. The number of benzene rings is 10. The zero-order valence-corrected chi connectivity index (χ0v) is 64.3. The monoisotopic (exact) mass is 1540 g/mol. The lowest BCUT2D eigenvalue weighted by Crippen LogP contribution is -2.52. The van der Waals surface area contributed by atoms with Crippen LogP contribution < -0.4 is 49.1 Å². The van der Waals surface area contributed by atoms with Crippen LogP contribution in [0.4, 0.5) is 4.39 Å². The Labute approximate surface area is 667 Å². The van der Waals surface area contributed by atoms with Crippen molar-refractivity contribution >= 4 is 70.0 Å². The highest BCUT2D eigenvalue weighted by atomic mass is 35.5. The highest BCUT2D eigenvalue weighted by Gasteiger charge is 2.36. The zero-order chi connectivity index (χ0) is 79.1. The lowest BCUT2D eigenvalue weighted by atomic mass is 9.90. The third kappa shape index (κ3) is 24.6. The quantitative estimate of drug-likeness (QED) is 0.0218. The van der Waals surface area contributed by atoms with Crippen LogP contribution in [0.15, 0.2) is 285 Å². The van der Waals surface area contributed by atoms with E-state index in [-0.39, 0.29) is 90.2 Å². The predicted molar refractivity (Wildman–Crippen MR) is 450 cm³/mol. The summed E-state index contributed by atoms with van der Waals surface area (Å²) >= 11 is 5.91. The number of carbonyl (C=O) groups excluding carboxylic acids is 6. The molecule has 20 heteroatoms. The Morgan fingerprint density at radius 1 is 0.416 bits per heavy atom. The molecule has 0 bridgehead atoms. The van der Waals surface area contributed by atoms with Crippen molar-refractivity contribution < 1.29 is 33.2 Å². The van der Waals surface area contributed by atoms with Crippen LogP contribution >= 0.6 is 11.6 Å². The standard InChI is InChI=1S/C32H34N4O2.C31H35FN4O2.C30H33ClN4O2/c33-20-30-32(38)36(22-29(24-10-3-1-4-11-24)25-12-5-2-6-13-25)18-17-28(35-30)21-34-31(37)27-16-15-23-9-7-8-14-26(23)19-27;32-26-14-11-23(12-15-26)13-16-30(37)34-21-27-18-20-36(31(38)29(35-27)17-19-33)22-28(24-7-3-1-4-8-24)25-9-5-2-6-10-25;31-25-14-11-22(12-15-25)13-16-29(36)33-20-26-17-18-35(30(37)28(19-32)34-26)21-27(23-7-3-1-4-8-23)24-9-5-2-6-10-24/h1-16,19,28-30,35H,17-18,20-22,33H2,(H,34,37);1-16,27-29,35H,17-22,33H2,(H,34,37);1-16,26-28,34H,17-21,32H2,(H,33,36)/b;2*16-13+/t28-,30-;27-,29-;26-,28-/m000/s1. The van der Waals surface area contributed by atoms with Gasteiger partial charge in [0.1, 0.15) is 5.82 Å². The maximum atomic E-state index is 13.6. The van der Waals surface area contributed by atoms with E-state index in [4.69, 9.17) is 28.8 Å². The summed E-state index contributed by atoms with van der Waals surface area (Å²) in [4.78, 5) is 84.0. The Hall–Kier alpha value is -11.3. The molecule has 10 aromatic rings. The van der Waals surface area contributed by atoms with E-state index < -0.39 is 18.1 Å². The number of hydrogen-bond donors (Lipinski definition) is 9. The predicted octanol–water partition coefficient (Wildman–Crippen LogP) is 11.4. The SMILES string of the molecule is NCC[C@@H]1N[C@H](CNC(=O)/C=C/c2ccc(F)cc2)CCN(CC(c2ccccc2)c2ccccc2)C1=O.NC[C@@H]1N[C@H](CNC(=O)/C=C/c2ccc(Cl)cc2)CCN(CC(c2ccccc2)c2ccccc2)C1=O.NC[C@@H]1N[C@H](CNC(=O)c2ccc3ccccc3c2)CCN(CC(c2ccccc2)c2ccccc2)C1=O. The van der Waals surface area contributed by atoms with E-state index in [1.54, 1.807) is 36.4 Å². The second-order valence-electron chi connectivity index (χ2n) is 28.7. The van der Waals surface area contributed by atoms with Gasteiger partial charge < -0.3 is 63.8 Å². The van der Waals surface area contributed by atoms with Crippen molar-refractivity contribution in [2.75, 3.05) is 78.5 Å². The minimum atomic E-state index is -0.499. The van der Waals surface area contributed by atoms with Gasteiger partial charge >= 0.3 is 0 Å². The van der Waals surface area contributed by atoms with Gasteiger partial charge in [0.05, 0.1) is 18.1 Å². The number of nitrogens with one attached hydrogen (secondary N) is 6. The molecule has 3 saturated heterocycles. The molecule has 0 aromatic heterocycles. The van der Waals surface area contributed by atoms with Crippen molar-refractivity contribution in [2.45, 2.75) is 79.7 Å². The van der Waals surface area contributed by atoms with E-state index >= 15 is 0 Å². The molecule has 0 spiro atoms. The van der Waals surface area contributed by atoms with Gasteiger partial charge in [0.2, 0.25) is 29.5 Å². The Balaban J connectivity index is 0.000000167. The van der Waals surface area contributed by atoms with E-state index in [2.05, 4.69) is 105 Å². The number of nitrogens with zero attached hydrogens (tertiary/aromatic N) is 3. The highest BCUT2D eigenvalue weighted by Crippen LogP contribution is 2.31. The zero-order valence-electron chi connectivity index (χ0n) is 63.6. The molecule has 0 aliphatic carbocycles. The topological polar surface area (TPSA) is 262 Å². The number of rotatable bonds is 27. The molecule has 584 valence electrons. The lowest BCUT2D eigenvalue weighted by molar-refractivity contribution is -0.133. The van der Waals surface area contributed by atoms with Crippen LogP contribution in [0.25, 0.3) is 22.9 Å². The smallest absolute Gasteiger partial charge is 0.251 e. The molecule has 113 heavy (non-hydrogen) atoms. The van der Waals surface area contributed by atoms with Gasteiger partial charge in [-0.2, -0.15) is 0 Å². The van der Waals surface area contributed by atoms with E-state index in [1.165, 1.54) is 46.5 Å². The number of amides is 6. The van der Waals surface area contributed by atoms with Crippen LogP contribution in [0.2, 0.25) is 5.02 Å². The Morgan fingerprint density at radius 3 is 1.11 bits per heavy atom. The van der Waals surface area contributed by atoms with Gasteiger partial charge in [-0.05, 0) is 136 Å². The maximum absolute atomic E-state index is 13.6.